The van der Waals surface area contributed by atoms with Crippen molar-refractivity contribution in [2.75, 3.05) is 0 Å². The summed E-state index contributed by atoms with van der Waals surface area (Å²) in [5, 5.41) is 5.75. The van der Waals surface area contributed by atoms with Gasteiger partial charge >= 0.3 is 0 Å². The van der Waals surface area contributed by atoms with E-state index < -0.39 is 0 Å². The largest absolute Gasteiger partial charge is 0.300 e. The van der Waals surface area contributed by atoms with E-state index in [2.05, 4.69) is 28.5 Å². The predicted molar refractivity (Wildman–Crippen MR) is 106 cm³/mol. The van der Waals surface area contributed by atoms with Crippen molar-refractivity contribution in [1.29, 1.82) is 0 Å². The topological polar surface area (TPSA) is 41.5 Å². The molecule has 0 spiro atoms. The van der Waals surface area contributed by atoms with E-state index in [9.17, 15) is 4.79 Å². The standard InChI is InChI=1S/C21H16N2OS/c1-14-6-4-10-17(12-14)22-21-23-20(24)19(25-21)13-16-9-5-8-15-7-2-3-11-18(15)16/h2-13H,1H3,(H,22,23,24)/b19-13+. The van der Waals surface area contributed by atoms with E-state index >= 15 is 0 Å². The molecule has 0 aliphatic carbocycles. The Balaban J connectivity index is 1.67. The molecule has 3 aromatic carbocycles. The first-order chi connectivity index (χ1) is 12.2. The number of fused-ring (bicyclic) bond motifs is 1. The normalized spacial score (nSPS) is 17.4. The van der Waals surface area contributed by atoms with Gasteiger partial charge in [-0.05, 0) is 58.8 Å². The third kappa shape index (κ3) is 3.35. The van der Waals surface area contributed by atoms with Crippen LogP contribution in [0.1, 0.15) is 11.1 Å². The minimum absolute atomic E-state index is 0.107. The number of hydrogen-bond acceptors (Lipinski definition) is 3. The summed E-state index contributed by atoms with van der Waals surface area (Å²) in [4.78, 5) is 17.5. The average molecular weight is 344 g/mol. The molecule has 0 unspecified atom stereocenters. The van der Waals surface area contributed by atoms with Crippen molar-refractivity contribution >= 4 is 45.4 Å². The van der Waals surface area contributed by atoms with Crippen LogP contribution in [0.4, 0.5) is 5.69 Å². The van der Waals surface area contributed by atoms with Gasteiger partial charge in [0.15, 0.2) is 5.17 Å². The van der Waals surface area contributed by atoms with Crippen molar-refractivity contribution in [2.45, 2.75) is 6.92 Å². The van der Waals surface area contributed by atoms with Crippen LogP contribution in [0.3, 0.4) is 0 Å². The summed E-state index contributed by atoms with van der Waals surface area (Å²) in [5.41, 5.74) is 3.02. The summed E-state index contributed by atoms with van der Waals surface area (Å²) in [7, 11) is 0. The van der Waals surface area contributed by atoms with E-state index in [0.29, 0.717) is 10.1 Å². The van der Waals surface area contributed by atoms with Gasteiger partial charge in [0.1, 0.15) is 0 Å². The minimum Gasteiger partial charge on any atom is -0.300 e. The Morgan fingerprint density at radius 3 is 2.68 bits per heavy atom. The van der Waals surface area contributed by atoms with Crippen molar-refractivity contribution in [1.82, 2.24) is 5.32 Å². The molecule has 1 saturated heterocycles. The molecule has 3 aromatic rings. The number of hydrogen-bond donors (Lipinski definition) is 1. The van der Waals surface area contributed by atoms with Crippen LogP contribution in [0.15, 0.2) is 76.6 Å². The van der Waals surface area contributed by atoms with Gasteiger partial charge in [-0.2, -0.15) is 0 Å². The maximum atomic E-state index is 12.3. The molecule has 0 radical (unpaired) electrons. The number of aryl methyl sites for hydroxylation is 1. The number of nitrogens with one attached hydrogen (secondary N) is 1. The van der Waals surface area contributed by atoms with E-state index in [0.717, 1.165) is 27.6 Å². The van der Waals surface area contributed by atoms with Crippen LogP contribution in [0.2, 0.25) is 0 Å². The van der Waals surface area contributed by atoms with Gasteiger partial charge in [0.2, 0.25) is 0 Å². The van der Waals surface area contributed by atoms with E-state index in [-0.39, 0.29) is 5.91 Å². The lowest BCUT2D eigenvalue weighted by Gasteiger charge is -2.02. The highest BCUT2D eigenvalue weighted by atomic mass is 32.2. The Morgan fingerprint density at radius 1 is 1.00 bits per heavy atom. The molecule has 122 valence electrons. The molecular formula is C21H16N2OS. The van der Waals surface area contributed by atoms with E-state index in [1.807, 2.05) is 61.5 Å². The minimum atomic E-state index is -0.107. The van der Waals surface area contributed by atoms with Crippen LogP contribution >= 0.6 is 11.8 Å². The SMILES string of the molecule is Cc1cccc(N=C2NC(=O)/C(=C\c3cccc4ccccc34)S2)c1. The van der Waals surface area contributed by atoms with Crippen molar-refractivity contribution in [3.8, 4) is 0 Å². The van der Waals surface area contributed by atoms with Crippen molar-refractivity contribution in [2.24, 2.45) is 4.99 Å². The molecule has 4 heteroatoms. The van der Waals surface area contributed by atoms with Crippen LogP contribution in [0.25, 0.3) is 16.8 Å². The van der Waals surface area contributed by atoms with Gasteiger partial charge in [0.05, 0.1) is 10.6 Å². The second-order valence-electron chi connectivity index (χ2n) is 5.89. The molecular weight excluding hydrogens is 328 g/mol. The first-order valence-electron chi connectivity index (χ1n) is 8.03. The van der Waals surface area contributed by atoms with Gasteiger partial charge in [0.25, 0.3) is 5.91 Å². The number of thioether (sulfide) groups is 1. The lowest BCUT2D eigenvalue weighted by atomic mass is 10.0. The second kappa shape index (κ2) is 6.57. The lowest BCUT2D eigenvalue weighted by molar-refractivity contribution is -0.115. The van der Waals surface area contributed by atoms with Gasteiger partial charge < -0.3 is 5.32 Å². The number of carbonyl (C=O) groups is 1. The average Bonchev–Trinajstić information content (AvgIpc) is 2.94. The zero-order valence-corrected chi connectivity index (χ0v) is 14.5. The Hall–Kier alpha value is -2.85. The molecule has 0 aromatic heterocycles. The monoisotopic (exact) mass is 344 g/mol. The smallest absolute Gasteiger partial charge is 0.264 e. The summed E-state index contributed by atoms with van der Waals surface area (Å²) >= 11 is 1.37. The number of carbonyl (C=O) groups excluding carboxylic acids is 1. The Bertz CT molecular complexity index is 1030. The summed E-state index contributed by atoms with van der Waals surface area (Å²) in [6, 6.07) is 22.2. The molecule has 0 atom stereocenters. The maximum Gasteiger partial charge on any atom is 0.264 e. The van der Waals surface area contributed by atoms with Crippen molar-refractivity contribution in [3.05, 3.63) is 82.8 Å². The summed E-state index contributed by atoms with van der Waals surface area (Å²) in [6.07, 6.45) is 1.93. The summed E-state index contributed by atoms with van der Waals surface area (Å²) < 4.78 is 0. The molecule has 1 fully saturated rings. The van der Waals surface area contributed by atoms with Gasteiger partial charge in [-0.25, -0.2) is 4.99 Å². The number of nitrogens with zero attached hydrogens (tertiary/aromatic N) is 1. The van der Waals surface area contributed by atoms with Crippen molar-refractivity contribution in [3.63, 3.8) is 0 Å². The van der Waals surface area contributed by atoms with E-state index in [4.69, 9.17) is 0 Å². The van der Waals surface area contributed by atoms with Crippen LogP contribution in [-0.4, -0.2) is 11.1 Å². The third-order valence-electron chi connectivity index (χ3n) is 3.99. The Kier molecular flexibility index (Phi) is 4.12. The van der Waals surface area contributed by atoms with E-state index in [1.165, 1.54) is 11.8 Å². The fourth-order valence-corrected chi connectivity index (χ4v) is 3.65. The van der Waals surface area contributed by atoms with Gasteiger partial charge in [-0.15, -0.1) is 0 Å². The summed E-state index contributed by atoms with van der Waals surface area (Å²) in [5.74, 6) is -0.107. The highest BCUT2D eigenvalue weighted by Crippen LogP contribution is 2.30. The number of amides is 1. The summed E-state index contributed by atoms with van der Waals surface area (Å²) in [6.45, 7) is 2.02. The van der Waals surface area contributed by atoms with Crippen LogP contribution in [0.5, 0.6) is 0 Å². The quantitative estimate of drug-likeness (QED) is 0.662. The lowest BCUT2D eigenvalue weighted by Crippen LogP contribution is -2.19. The first-order valence-corrected chi connectivity index (χ1v) is 8.85. The molecule has 4 rings (SSSR count). The highest BCUT2D eigenvalue weighted by Gasteiger charge is 2.24. The van der Waals surface area contributed by atoms with Crippen molar-refractivity contribution < 1.29 is 4.79 Å². The van der Waals surface area contributed by atoms with Gasteiger partial charge in [-0.3, -0.25) is 4.79 Å². The van der Waals surface area contributed by atoms with E-state index in [1.54, 1.807) is 0 Å². The highest BCUT2D eigenvalue weighted by molar-refractivity contribution is 8.18. The number of benzene rings is 3. The molecule has 0 saturated carbocycles. The van der Waals surface area contributed by atoms with Crippen LogP contribution < -0.4 is 5.32 Å². The molecule has 1 aliphatic heterocycles. The molecule has 1 N–H and O–H groups in total. The molecule has 3 nitrogen and oxygen atoms in total. The maximum absolute atomic E-state index is 12.3. The Labute approximate surface area is 150 Å². The van der Waals surface area contributed by atoms with Crippen LogP contribution in [0, 0.1) is 6.92 Å². The number of rotatable bonds is 2. The second-order valence-corrected chi connectivity index (χ2v) is 6.92. The molecule has 1 aliphatic rings. The fourth-order valence-electron chi connectivity index (χ4n) is 2.81. The van der Waals surface area contributed by atoms with Crippen LogP contribution in [-0.2, 0) is 4.79 Å². The predicted octanol–water partition coefficient (Wildman–Crippen LogP) is 5.04. The zero-order chi connectivity index (χ0) is 17.2. The third-order valence-corrected chi connectivity index (χ3v) is 4.90. The zero-order valence-electron chi connectivity index (χ0n) is 13.7. The molecule has 25 heavy (non-hydrogen) atoms. The molecule has 1 heterocycles. The Morgan fingerprint density at radius 2 is 1.80 bits per heavy atom. The number of aliphatic imine (C=N–C) groups is 1. The van der Waals surface area contributed by atoms with Gasteiger partial charge in [0, 0.05) is 0 Å². The van der Waals surface area contributed by atoms with Gasteiger partial charge in [-0.1, -0.05) is 54.6 Å². The molecule has 0 bridgehead atoms. The fraction of sp³-hybridized carbons (Fsp3) is 0.0476. The number of amidine groups is 1. The first kappa shape index (κ1) is 15.7. The molecule has 1 amide bonds.